The van der Waals surface area contributed by atoms with Gasteiger partial charge in [-0.25, -0.2) is 4.79 Å². The number of hydrogen-bond acceptors (Lipinski definition) is 4. The number of fused-ring (bicyclic) bond motifs is 3. The summed E-state index contributed by atoms with van der Waals surface area (Å²) in [5.41, 5.74) is 3.78. The molecule has 4 rings (SSSR count). The van der Waals surface area contributed by atoms with Gasteiger partial charge < -0.3 is 20.5 Å². The molecule has 1 atom stereocenters. The number of aliphatic carboxylic acids is 1. The molecule has 0 spiro atoms. The summed E-state index contributed by atoms with van der Waals surface area (Å²) in [6.07, 6.45) is 3.67. The summed E-state index contributed by atoms with van der Waals surface area (Å²) >= 11 is 0. The molecule has 2 amide bonds. The summed E-state index contributed by atoms with van der Waals surface area (Å²) in [6.45, 7) is 1.97. The van der Waals surface area contributed by atoms with Crippen molar-refractivity contribution in [1.29, 1.82) is 0 Å². The van der Waals surface area contributed by atoms with Gasteiger partial charge in [-0.2, -0.15) is 0 Å². The third-order valence-electron chi connectivity index (χ3n) is 7.05. The molecule has 2 aliphatic carbocycles. The van der Waals surface area contributed by atoms with Gasteiger partial charge >= 0.3 is 12.1 Å². The highest BCUT2D eigenvalue weighted by Gasteiger charge is 2.37. The zero-order valence-corrected chi connectivity index (χ0v) is 19.5. The maximum absolute atomic E-state index is 13.0. The van der Waals surface area contributed by atoms with Gasteiger partial charge in [0.25, 0.3) is 0 Å². The van der Waals surface area contributed by atoms with E-state index >= 15 is 0 Å². The number of carbonyl (C=O) groups excluding carboxylic acids is 2. The van der Waals surface area contributed by atoms with Crippen LogP contribution in [0, 0.1) is 0 Å². The Labute approximate surface area is 199 Å². The summed E-state index contributed by atoms with van der Waals surface area (Å²) in [7, 11) is 0. The first-order chi connectivity index (χ1) is 16.4. The molecule has 0 saturated heterocycles. The molecule has 2 aromatic rings. The second kappa shape index (κ2) is 10.3. The standard InChI is InChI=1S/C27H32N2O5/c1-2-23(25(32)29-27(16-24(30)31)14-8-3-9-15-27)28-26(33)34-17-22-20-12-6-4-10-18(20)19-11-5-7-13-21(19)22/h4-7,10-13,22-23H,2-3,8-9,14-17H2,1H3,(H,28,33)(H,29,32)(H,30,31). The molecule has 0 radical (unpaired) electrons. The van der Waals surface area contributed by atoms with Crippen LogP contribution in [0.1, 0.15) is 68.9 Å². The van der Waals surface area contributed by atoms with Crippen molar-refractivity contribution in [1.82, 2.24) is 10.6 Å². The Kier molecular flexibility index (Phi) is 7.20. The summed E-state index contributed by atoms with van der Waals surface area (Å²) < 4.78 is 5.58. The van der Waals surface area contributed by atoms with Crippen molar-refractivity contribution in [2.24, 2.45) is 0 Å². The average Bonchev–Trinajstić information content (AvgIpc) is 3.15. The molecular weight excluding hydrogens is 432 g/mol. The highest BCUT2D eigenvalue weighted by atomic mass is 16.5. The molecule has 180 valence electrons. The topological polar surface area (TPSA) is 105 Å². The lowest BCUT2D eigenvalue weighted by Crippen LogP contribution is -2.57. The SMILES string of the molecule is CCC(NC(=O)OCC1c2ccccc2-c2ccccc21)C(=O)NC1(CC(=O)O)CCCCC1. The Hall–Kier alpha value is -3.35. The van der Waals surface area contributed by atoms with Gasteiger partial charge in [-0.3, -0.25) is 9.59 Å². The zero-order chi connectivity index (χ0) is 24.1. The van der Waals surface area contributed by atoms with E-state index in [0.29, 0.717) is 19.3 Å². The largest absolute Gasteiger partial charge is 0.481 e. The third-order valence-corrected chi connectivity index (χ3v) is 7.05. The minimum Gasteiger partial charge on any atom is -0.481 e. The fraction of sp³-hybridized carbons (Fsp3) is 0.444. The molecule has 1 fully saturated rings. The molecule has 2 aliphatic rings. The zero-order valence-electron chi connectivity index (χ0n) is 19.5. The second-order valence-corrected chi connectivity index (χ2v) is 9.33. The maximum Gasteiger partial charge on any atom is 0.407 e. The van der Waals surface area contributed by atoms with Gasteiger partial charge in [0, 0.05) is 5.92 Å². The van der Waals surface area contributed by atoms with Crippen LogP contribution in [0.2, 0.25) is 0 Å². The number of ether oxygens (including phenoxy) is 1. The van der Waals surface area contributed by atoms with E-state index in [9.17, 15) is 19.5 Å². The molecule has 1 saturated carbocycles. The Bertz CT molecular complexity index is 1010. The summed E-state index contributed by atoms with van der Waals surface area (Å²) in [6, 6.07) is 15.4. The fourth-order valence-electron chi connectivity index (χ4n) is 5.35. The monoisotopic (exact) mass is 464 g/mol. The van der Waals surface area contributed by atoms with Gasteiger partial charge in [0.05, 0.1) is 12.0 Å². The first kappa shape index (κ1) is 23.8. The number of amides is 2. The molecule has 7 nitrogen and oxygen atoms in total. The predicted octanol–water partition coefficient (Wildman–Crippen LogP) is 4.60. The Morgan fingerprint density at radius 2 is 1.59 bits per heavy atom. The van der Waals surface area contributed by atoms with E-state index in [-0.39, 0.29) is 24.9 Å². The molecule has 0 aliphatic heterocycles. The van der Waals surface area contributed by atoms with Crippen molar-refractivity contribution in [3.63, 3.8) is 0 Å². The molecule has 2 aromatic carbocycles. The number of hydrogen-bond donors (Lipinski definition) is 3. The highest BCUT2D eigenvalue weighted by Crippen LogP contribution is 2.44. The van der Waals surface area contributed by atoms with E-state index in [1.807, 2.05) is 24.3 Å². The first-order valence-corrected chi connectivity index (χ1v) is 12.1. The summed E-state index contributed by atoms with van der Waals surface area (Å²) in [4.78, 5) is 37.0. The Balaban J connectivity index is 1.38. The van der Waals surface area contributed by atoms with Gasteiger partial charge in [-0.15, -0.1) is 0 Å². The quantitative estimate of drug-likeness (QED) is 0.530. The van der Waals surface area contributed by atoms with E-state index in [2.05, 4.69) is 34.9 Å². The lowest BCUT2D eigenvalue weighted by Gasteiger charge is -2.38. The van der Waals surface area contributed by atoms with Crippen molar-refractivity contribution in [3.05, 3.63) is 59.7 Å². The molecule has 0 bridgehead atoms. The average molecular weight is 465 g/mol. The van der Waals surface area contributed by atoms with E-state index in [0.717, 1.165) is 41.5 Å². The van der Waals surface area contributed by atoms with E-state index in [4.69, 9.17) is 4.74 Å². The second-order valence-electron chi connectivity index (χ2n) is 9.33. The lowest BCUT2D eigenvalue weighted by molar-refractivity contribution is -0.139. The number of nitrogens with one attached hydrogen (secondary N) is 2. The van der Waals surface area contributed by atoms with Gasteiger partial charge in [-0.1, -0.05) is 74.7 Å². The molecule has 1 unspecified atom stereocenters. The number of rotatable bonds is 8. The van der Waals surface area contributed by atoms with Gasteiger partial charge in [0.15, 0.2) is 0 Å². The van der Waals surface area contributed by atoms with Crippen LogP contribution < -0.4 is 10.6 Å². The van der Waals surface area contributed by atoms with Crippen molar-refractivity contribution >= 4 is 18.0 Å². The van der Waals surface area contributed by atoms with Crippen LogP contribution in [0.5, 0.6) is 0 Å². The number of carbonyl (C=O) groups is 3. The molecule has 3 N–H and O–H groups in total. The molecule has 7 heteroatoms. The normalized spacial score (nSPS) is 17.2. The number of carboxylic acid groups (broad SMARTS) is 1. The summed E-state index contributed by atoms with van der Waals surface area (Å²) in [5, 5.41) is 15.0. The number of benzene rings is 2. The molecule has 0 heterocycles. The lowest BCUT2D eigenvalue weighted by atomic mass is 9.79. The minimum atomic E-state index is -0.931. The van der Waals surface area contributed by atoms with Crippen molar-refractivity contribution in [2.45, 2.75) is 69.4 Å². The van der Waals surface area contributed by atoms with Gasteiger partial charge in [0.2, 0.25) is 5.91 Å². The Morgan fingerprint density at radius 3 is 2.15 bits per heavy atom. The smallest absolute Gasteiger partial charge is 0.407 e. The van der Waals surface area contributed by atoms with Crippen LogP contribution in [0.25, 0.3) is 11.1 Å². The number of alkyl carbamates (subject to hydrolysis) is 1. The van der Waals surface area contributed by atoms with Crippen LogP contribution in [-0.4, -0.2) is 41.3 Å². The Morgan fingerprint density at radius 1 is 1.00 bits per heavy atom. The minimum absolute atomic E-state index is 0.0619. The predicted molar refractivity (Wildman–Crippen MR) is 128 cm³/mol. The number of carboxylic acids is 1. The van der Waals surface area contributed by atoms with E-state index in [1.165, 1.54) is 0 Å². The highest BCUT2D eigenvalue weighted by molar-refractivity contribution is 5.87. The third kappa shape index (κ3) is 5.08. The van der Waals surface area contributed by atoms with E-state index in [1.54, 1.807) is 6.92 Å². The molecular formula is C27H32N2O5. The summed E-state index contributed by atoms with van der Waals surface area (Å²) in [5.74, 6) is -1.35. The fourth-order valence-corrected chi connectivity index (χ4v) is 5.35. The van der Waals surface area contributed by atoms with Gasteiger partial charge in [-0.05, 0) is 41.5 Å². The van der Waals surface area contributed by atoms with E-state index < -0.39 is 23.6 Å². The van der Waals surface area contributed by atoms with Crippen molar-refractivity contribution in [2.75, 3.05) is 6.61 Å². The van der Waals surface area contributed by atoms with Crippen LogP contribution in [0.3, 0.4) is 0 Å². The van der Waals surface area contributed by atoms with Crippen LogP contribution in [0.15, 0.2) is 48.5 Å². The molecule has 0 aromatic heterocycles. The van der Waals surface area contributed by atoms with Crippen molar-refractivity contribution in [3.8, 4) is 11.1 Å². The van der Waals surface area contributed by atoms with Gasteiger partial charge in [0.1, 0.15) is 12.6 Å². The van der Waals surface area contributed by atoms with Crippen LogP contribution >= 0.6 is 0 Å². The van der Waals surface area contributed by atoms with Crippen molar-refractivity contribution < 1.29 is 24.2 Å². The first-order valence-electron chi connectivity index (χ1n) is 12.1. The molecule has 34 heavy (non-hydrogen) atoms. The van der Waals surface area contributed by atoms with Crippen LogP contribution in [0.4, 0.5) is 4.79 Å². The maximum atomic E-state index is 13.0. The van der Waals surface area contributed by atoms with Crippen LogP contribution in [-0.2, 0) is 14.3 Å².